The molecule has 4 nitrogen and oxygen atoms in total. The summed E-state index contributed by atoms with van der Waals surface area (Å²) in [5.41, 5.74) is 2.03. The lowest BCUT2D eigenvalue weighted by Gasteiger charge is -1.99. The van der Waals surface area contributed by atoms with Crippen molar-refractivity contribution in [3.8, 4) is 16.8 Å². The number of hydrogen-bond donors (Lipinski definition) is 1. The monoisotopic (exact) mass is 216 g/mol. The minimum Gasteiger partial charge on any atom is -0.275 e. The standard InChI is InChI=1S/C10H8N4S/c1-7-4-5-15-10(7)8-2-3-9(12-6-11)14-13-8/h2-5H,1H3,(H,12,14). The Bertz CT molecular complexity index is 495. The summed E-state index contributed by atoms with van der Waals surface area (Å²) in [6.45, 7) is 2.04. The summed E-state index contributed by atoms with van der Waals surface area (Å²) >= 11 is 1.63. The van der Waals surface area contributed by atoms with Gasteiger partial charge < -0.3 is 0 Å². The van der Waals surface area contributed by atoms with Gasteiger partial charge >= 0.3 is 0 Å². The predicted molar refractivity (Wildman–Crippen MR) is 59.3 cm³/mol. The van der Waals surface area contributed by atoms with Gasteiger partial charge in [0.1, 0.15) is 5.69 Å². The van der Waals surface area contributed by atoms with Gasteiger partial charge in [0.05, 0.1) is 4.88 Å². The van der Waals surface area contributed by atoms with E-state index in [1.54, 1.807) is 23.6 Å². The zero-order valence-electron chi connectivity index (χ0n) is 8.06. The maximum Gasteiger partial charge on any atom is 0.182 e. The SMILES string of the molecule is Cc1ccsc1-c1ccc(NC#N)nn1. The Morgan fingerprint density at radius 3 is 2.73 bits per heavy atom. The Morgan fingerprint density at radius 1 is 1.33 bits per heavy atom. The summed E-state index contributed by atoms with van der Waals surface area (Å²) in [4.78, 5) is 1.12. The van der Waals surface area contributed by atoms with Crippen LogP contribution in [0.3, 0.4) is 0 Å². The molecule has 0 aliphatic carbocycles. The number of nitrogens with zero attached hydrogens (tertiary/aromatic N) is 3. The van der Waals surface area contributed by atoms with Crippen LogP contribution in [0, 0.1) is 18.4 Å². The quantitative estimate of drug-likeness (QED) is 0.618. The molecule has 74 valence electrons. The molecule has 0 amide bonds. The third kappa shape index (κ3) is 1.95. The first-order valence-electron chi connectivity index (χ1n) is 4.34. The highest BCUT2D eigenvalue weighted by molar-refractivity contribution is 7.13. The van der Waals surface area contributed by atoms with Gasteiger partial charge in [0.25, 0.3) is 0 Å². The van der Waals surface area contributed by atoms with Crippen molar-refractivity contribution in [1.29, 1.82) is 5.26 Å². The van der Waals surface area contributed by atoms with E-state index < -0.39 is 0 Å². The van der Waals surface area contributed by atoms with Crippen molar-refractivity contribution < 1.29 is 0 Å². The van der Waals surface area contributed by atoms with Gasteiger partial charge in [-0.1, -0.05) is 0 Å². The average Bonchev–Trinajstić information content (AvgIpc) is 2.66. The third-order valence-corrected chi connectivity index (χ3v) is 2.98. The second-order valence-corrected chi connectivity index (χ2v) is 3.89. The molecule has 0 aliphatic heterocycles. The van der Waals surface area contributed by atoms with Crippen molar-refractivity contribution in [1.82, 2.24) is 10.2 Å². The molecule has 0 fully saturated rings. The Morgan fingerprint density at radius 2 is 2.20 bits per heavy atom. The number of aryl methyl sites for hydroxylation is 1. The fourth-order valence-corrected chi connectivity index (χ4v) is 2.10. The third-order valence-electron chi connectivity index (χ3n) is 1.94. The van der Waals surface area contributed by atoms with Gasteiger partial charge in [0, 0.05) is 0 Å². The highest BCUT2D eigenvalue weighted by Crippen LogP contribution is 2.26. The fraction of sp³-hybridized carbons (Fsp3) is 0.100. The van der Waals surface area contributed by atoms with Crippen molar-refractivity contribution >= 4 is 17.2 Å². The van der Waals surface area contributed by atoms with E-state index in [-0.39, 0.29) is 0 Å². The Hall–Kier alpha value is -1.93. The van der Waals surface area contributed by atoms with Gasteiger partial charge in [-0.3, -0.25) is 5.32 Å². The van der Waals surface area contributed by atoms with Crippen LogP contribution in [0.4, 0.5) is 5.82 Å². The topological polar surface area (TPSA) is 61.6 Å². The molecule has 0 bridgehead atoms. The van der Waals surface area contributed by atoms with Gasteiger partial charge in [0.2, 0.25) is 0 Å². The summed E-state index contributed by atoms with van der Waals surface area (Å²) in [7, 11) is 0. The van der Waals surface area contributed by atoms with Crippen LogP contribution in [-0.2, 0) is 0 Å². The number of nitriles is 1. The van der Waals surface area contributed by atoms with Gasteiger partial charge in [0.15, 0.2) is 12.0 Å². The molecule has 0 aromatic carbocycles. The minimum absolute atomic E-state index is 0.468. The van der Waals surface area contributed by atoms with Crippen LogP contribution in [0.1, 0.15) is 5.56 Å². The lowest BCUT2D eigenvalue weighted by atomic mass is 10.2. The maximum absolute atomic E-state index is 8.39. The Kier molecular flexibility index (Phi) is 2.61. The molecule has 1 N–H and O–H groups in total. The van der Waals surface area contributed by atoms with E-state index in [1.807, 2.05) is 24.4 Å². The van der Waals surface area contributed by atoms with Crippen LogP contribution in [0.2, 0.25) is 0 Å². The van der Waals surface area contributed by atoms with Gasteiger partial charge in [-0.15, -0.1) is 21.5 Å². The maximum atomic E-state index is 8.39. The molecule has 2 heterocycles. The number of rotatable bonds is 2. The minimum atomic E-state index is 0.468. The molecule has 15 heavy (non-hydrogen) atoms. The number of nitrogens with one attached hydrogen (secondary N) is 1. The summed E-state index contributed by atoms with van der Waals surface area (Å²) in [6.07, 6.45) is 1.80. The van der Waals surface area contributed by atoms with Crippen LogP contribution in [-0.4, -0.2) is 10.2 Å². The molecule has 0 saturated heterocycles. The smallest absolute Gasteiger partial charge is 0.182 e. The Labute approximate surface area is 91.2 Å². The highest BCUT2D eigenvalue weighted by Gasteiger charge is 2.05. The van der Waals surface area contributed by atoms with E-state index in [1.165, 1.54) is 5.56 Å². The number of anilines is 1. The van der Waals surface area contributed by atoms with E-state index in [4.69, 9.17) is 5.26 Å². The first kappa shape index (κ1) is 9.62. The van der Waals surface area contributed by atoms with Gasteiger partial charge in [-0.05, 0) is 36.1 Å². The van der Waals surface area contributed by atoms with Crippen molar-refractivity contribution in [3.63, 3.8) is 0 Å². The van der Waals surface area contributed by atoms with Crippen LogP contribution >= 0.6 is 11.3 Å². The van der Waals surface area contributed by atoms with E-state index in [9.17, 15) is 0 Å². The van der Waals surface area contributed by atoms with Crippen LogP contribution < -0.4 is 5.32 Å². The fourth-order valence-electron chi connectivity index (χ4n) is 1.21. The lowest BCUT2D eigenvalue weighted by Crippen LogP contribution is -1.94. The van der Waals surface area contributed by atoms with E-state index >= 15 is 0 Å². The van der Waals surface area contributed by atoms with Crippen LogP contribution in [0.5, 0.6) is 0 Å². The first-order valence-corrected chi connectivity index (χ1v) is 5.22. The van der Waals surface area contributed by atoms with E-state index in [0.717, 1.165) is 10.6 Å². The molecule has 0 spiro atoms. The van der Waals surface area contributed by atoms with Gasteiger partial charge in [-0.25, -0.2) is 0 Å². The molecule has 2 rings (SSSR count). The molecule has 0 saturated carbocycles. The number of thiophene rings is 1. The normalized spacial score (nSPS) is 9.60. The first-order chi connectivity index (χ1) is 7.31. The largest absolute Gasteiger partial charge is 0.275 e. The second-order valence-electron chi connectivity index (χ2n) is 2.97. The number of aromatic nitrogens is 2. The summed E-state index contributed by atoms with van der Waals surface area (Å²) in [5.74, 6) is 0.468. The van der Waals surface area contributed by atoms with Gasteiger partial charge in [-0.2, -0.15) is 5.26 Å². The van der Waals surface area contributed by atoms with E-state index in [2.05, 4.69) is 15.5 Å². The van der Waals surface area contributed by atoms with E-state index in [0.29, 0.717) is 5.82 Å². The van der Waals surface area contributed by atoms with Crippen LogP contribution in [0.15, 0.2) is 23.6 Å². The molecule has 0 atom stereocenters. The lowest BCUT2D eigenvalue weighted by molar-refractivity contribution is 1.04. The Balaban J connectivity index is 2.33. The molecule has 2 aromatic heterocycles. The van der Waals surface area contributed by atoms with Crippen LogP contribution in [0.25, 0.3) is 10.6 Å². The van der Waals surface area contributed by atoms with Crippen molar-refractivity contribution in [2.24, 2.45) is 0 Å². The average molecular weight is 216 g/mol. The molecule has 2 aromatic rings. The zero-order chi connectivity index (χ0) is 10.7. The van der Waals surface area contributed by atoms with Crippen molar-refractivity contribution in [2.45, 2.75) is 6.92 Å². The molecule has 0 radical (unpaired) electrons. The zero-order valence-corrected chi connectivity index (χ0v) is 8.88. The summed E-state index contributed by atoms with van der Waals surface area (Å²) in [5, 5.41) is 20.8. The molecule has 5 heteroatoms. The summed E-state index contributed by atoms with van der Waals surface area (Å²) in [6, 6.07) is 5.64. The summed E-state index contributed by atoms with van der Waals surface area (Å²) < 4.78 is 0. The number of hydrogen-bond acceptors (Lipinski definition) is 5. The molecule has 0 aliphatic rings. The molecular formula is C10H8N4S. The molecule has 0 unspecified atom stereocenters. The van der Waals surface area contributed by atoms with Crippen molar-refractivity contribution in [3.05, 3.63) is 29.1 Å². The molecular weight excluding hydrogens is 208 g/mol. The highest BCUT2D eigenvalue weighted by atomic mass is 32.1. The predicted octanol–water partition coefficient (Wildman–Crippen LogP) is 2.41. The second kappa shape index (κ2) is 4.07. The van der Waals surface area contributed by atoms with Crippen molar-refractivity contribution in [2.75, 3.05) is 5.32 Å².